The van der Waals surface area contributed by atoms with E-state index in [1.807, 2.05) is 15.9 Å². The number of hydrogen-bond acceptors (Lipinski definition) is 2. The average molecular weight is 259 g/mol. The number of carbonyl (C=O) groups excluding carboxylic acids is 1. The molecule has 0 radical (unpaired) electrons. The maximum Gasteiger partial charge on any atom is 0.320 e. The van der Waals surface area contributed by atoms with Gasteiger partial charge in [0.25, 0.3) is 0 Å². The lowest BCUT2D eigenvalue weighted by Gasteiger charge is -2.28. The van der Waals surface area contributed by atoms with E-state index in [4.69, 9.17) is 0 Å². The minimum absolute atomic E-state index is 0.236. The molecule has 19 heavy (non-hydrogen) atoms. The highest BCUT2D eigenvalue weighted by atomic mass is 16.2. The molecular weight excluding hydrogens is 238 g/mol. The number of rotatable bonds is 4. The summed E-state index contributed by atoms with van der Waals surface area (Å²) in [6.07, 6.45) is 2.09. The first-order valence-electron chi connectivity index (χ1n) is 7.15. The second kappa shape index (κ2) is 5.61. The summed E-state index contributed by atoms with van der Waals surface area (Å²) < 4.78 is 0. The molecule has 1 atom stereocenters. The Balaban J connectivity index is 1.49. The first-order chi connectivity index (χ1) is 9.34. The maximum atomic E-state index is 12.2. The maximum absolute atomic E-state index is 12.2. The van der Waals surface area contributed by atoms with Crippen molar-refractivity contribution < 1.29 is 4.79 Å². The van der Waals surface area contributed by atoms with E-state index in [0.29, 0.717) is 6.04 Å². The van der Waals surface area contributed by atoms with E-state index in [0.717, 1.165) is 45.6 Å². The van der Waals surface area contributed by atoms with Gasteiger partial charge in [0.1, 0.15) is 0 Å². The predicted molar refractivity (Wildman–Crippen MR) is 75.1 cm³/mol. The first-order valence-corrected chi connectivity index (χ1v) is 7.15. The summed E-state index contributed by atoms with van der Waals surface area (Å²) in [4.78, 5) is 16.2. The van der Waals surface area contributed by atoms with Gasteiger partial charge in [-0.15, -0.1) is 0 Å². The molecule has 1 aromatic carbocycles. The van der Waals surface area contributed by atoms with Crippen LogP contribution in [0.2, 0.25) is 0 Å². The molecule has 4 nitrogen and oxygen atoms in total. The fourth-order valence-electron chi connectivity index (χ4n) is 3.00. The van der Waals surface area contributed by atoms with Crippen LogP contribution in [-0.4, -0.2) is 54.6 Å². The summed E-state index contributed by atoms with van der Waals surface area (Å²) in [5, 5.41) is 3.36. The van der Waals surface area contributed by atoms with Gasteiger partial charge in [0.05, 0.1) is 6.04 Å². The minimum Gasteiger partial charge on any atom is -0.323 e. The molecule has 2 aliphatic rings. The molecule has 1 N–H and O–H groups in total. The summed E-state index contributed by atoms with van der Waals surface area (Å²) in [5.41, 5.74) is 1.36. The van der Waals surface area contributed by atoms with E-state index >= 15 is 0 Å². The minimum atomic E-state index is 0.236. The molecule has 0 bridgehead atoms. The molecule has 0 aromatic heterocycles. The molecule has 0 spiro atoms. The zero-order valence-electron chi connectivity index (χ0n) is 11.2. The molecule has 0 aliphatic carbocycles. The number of fused-ring (bicyclic) bond motifs is 1. The molecule has 102 valence electrons. The molecular formula is C15H21N3O. The molecule has 2 heterocycles. The van der Waals surface area contributed by atoms with Gasteiger partial charge in [-0.25, -0.2) is 4.79 Å². The molecule has 3 rings (SSSR count). The lowest BCUT2D eigenvalue weighted by Crippen LogP contribution is -2.49. The third-order valence-electron chi connectivity index (χ3n) is 4.03. The van der Waals surface area contributed by atoms with Crippen LogP contribution in [0.1, 0.15) is 12.0 Å². The summed E-state index contributed by atoms with van der Waals surface area (Å²) in [5.74, 6) is 0. The van der Waals surface area contributed by atoms with E-state index in [1.165, 1.54) is 5.56 Å². The zero-order chi connectivity index (χ0) is 13.1. The van der Waals surface area contributed by atoms with Crippen LogP contribution in [0.4, 0.5) is 4.79 Å². The molecule has 2 aliphatic heterocycles. The molecule has 4 heteroatoms. The topological polar surface area (TPSA) is 35.6 Å². The van der Waals surface area contributed by atoms with Crippen molar-refractivity contribution in [2.75, 3.05) is 32.7 Å². The fraction of sp³-hybridized carbons (Fsp3) is 0.533. The number of hydrogen-bond donors (Lipinski definition) is 1. The van der Waals surface area contributed by atoms with Gasteiger partial charge in [-0.3, -0.25) is 0 Å². The van der Waals surface area contributed by atoms with Gasteiger partial charge >= 0.3 is 6.03 Å². The Labute approximate surface area is 114 Å². The number of nitrogens with one attached hydrogen (secondary N) is 1. The van der Waals surface area contributed by atoms with Crippen molar-refractivity contribution in [3.8, 4) is 0 Å². The van der Waals surface area contributed by atoms with Crippen molar-refractivity contribution in [3.63, 3.8) is 0 Å². The second-order valence-corrected chi connectivity index (χ2v) is 5.37. The first kappa shape index (κ1) is 12.5. The standard InChI is InChI=1S/C15H21N3O/c19-15-17(12-14-11-16-8-10-18(14)15)9-4-7-13-5-2-1-3-6-13/h1-3,5-6,14,16H,4,7-12H2. The van der Waals surface area contributed by atoms with Crippen LogP contribution < -0.4 is 5.32 Å². The predicted octanol–water partition coefficient (Wildman–Crippen LogP) is 1.33. The van der Waals surface area contributed by atoms with Crippen LogP contribution in [0.15, 0.2) is 30.3 Å². The Kier molecular flexibility index (Phi) is 3.69. The van der Waals surface area contributed by atoms with Crippen LogP contribution in [-0.2, 0) is 6.42 Å². The van der Waals surface area contributed by atoms with E-state index in [2.05, 4.69) is 29.6 Å². The highest BCUT2D eigenvalue weighted by Gasteiger charge is 2.37. The lowest BCUT2D eigenvalue weighted by molar-refractivity contribution is 0.179. The highest BCUT2D eigenvalue weighted by Crippen LogP contribution is 2.18. The Morgan fingerprint density at radius 1 is 1.26 bits per heavy atom. The normalized spacial score (nSPS) is 22.7. The Hall–Kier alpha value is -1.55. The fourth-order valence-corrected chi connectivity index (χ4v) is 3.00. The summed E-state index contributed by atoms with van der Waals surface area (Å²) in [6.45, 7) is 4.50. The van der Waals surface area contributed by atoms with Crippen molar-refractivity contribution in [2.24, 2.45) is 0 Å². The number of urea groups is 1. The van der Waals surface area contributed by atoms with E-state index in [-0.39, 0.29) is 6.03 Å². The van der Waals surface area contributed by atoms with Crippen molar-refractivity contribution in [1.29, 1.82) is 0 Å². The Morgan fingerprint density at radius 3 is 2.89 bits per heavy atom. The van der Waals surface area contributed by atoms with Gasteiger partial charge in [0.2, 0.25) is 0 Å². The number of carbonyl (C=O) groups is 1. The third kappa shape index (κ3) is 2.73. The number of amides is 2. The summed E-state index contributed by atoms with van der Waals surface area (Å²) in [7, 11) is 0. The molecule has 0 saturated carbocycles. The van der Waals surface area contributed by atoms with E-state index in [9.17, 15) is 4.79 Å². The monoisotopic (exact) mass is 259 g/mol. The van der Waals surface area contributed by atoms with Gasteiger partial charge in [0.15, 0.2) is 0 Å². The van der Waals surface area contributed by atoms with Gasteiger partial charge in [-0.05, 0) is 18.4 Å². The van der Waals surface area contributed by atoms with Crippen LogP contribution in [0.25, 0.3) is 0 Å². The van der Waals surface area contributed by atoms with Crippen molar-refractivity contribution >= 4 is 6.03 Å². The van der Waals surface area contributed by atoms with Crippen LogP contribution in [0.3, 0.4) is 0 Å². The summed E-state index contributed by atoms with van der Waals surface area (Å²) >= 11 is 0. The van der Waals surface area contributed by atoms with Gasteiger partial charge in [-0.2, -0.15) is 0 Å². The van der Waals surface area contributed by atoms with Crippen molar-refractivity contribution in [1.82, 2.24) is 15.1 Å². The lowest BCUT2D eigenvalue weighted by atomic mass is 10.1. The zero-order valence-corrected chi connectivity index (χ0v) is 11.2. The number of piperazine rings is 1. The molecule has 2 saturated heterocycles. The Bertz CT molecular complexity index is 434. The smallest absolute Gasteiger partial charge is 0.320 e. The van der Waals surface area contributed by atoms with Gasteiger partial charge < -0.3 is 15.1 Å². The average Bonchev–Trinajstić information content (AvgIpc) is 2.78. The number of aryl methyl sites for hydroxylation is 1. The van der Waals surface area contributed by atoms with Crippen LogP contribution in [0, 0.1) is 0 Å². The molecule has 1 aromatic rings. The summed E-state index contributed by atoms with van der Waals surface area (Å²) in [6, 6.07) is 11.1. The highest BCUT2D eigenvalue weighted by molar-refractivity contribution is 5.77. The molecule has 2 fully saturated rings. The van der Waals surface area contributed by atoms with Gasteiger partial charge in [0, 0.05) is 32.7 Å². The molecule has 1 unspecified atom stereocenters. The second-order valence-electron chi connectivity index (χ2n) is 5.37. The molecule has 2 amide bonds. The Morgan fingerprint density at radius 2 is 2.11 bits per heavy atom. The van der Waals surface area contributed by atoms with Crippen LogP contribution in [0.5, 0.6) is 0 Å². The number of benzene rings is 1. The largest absolute Gasteiger partial charge is 0.323 e. The van der Waals surface area contributed by atoms with Crippen molar-refractivity contribution in [3.05, 3.63) is 35.9 Å². The van der Waals surface area contributed by atoms with E-state index in [1.54, 1.807) is 0 Å². The number of nitrogens with zero attached hydrogens (tertiary/aromatic N) is 2. The van der Waals surface area contributed by atoms with E-state index < -0.39 is 0 Å². The quantitative estimate of drug-likeness (QED) is 0.885. The van der Waals surface area contributed by atoms with Gasteiger partial charge in [-0.1, -0.05) is 30.3 Å². The van der Waals surface area contributed by atoms with Crippen molar-refractivity contribution in [2.45, 2.75) is 18.9 Å². The third-order valence-corrected chi connectivity index (χ3v) is 4.03. The SMILES string of the molecule is O=C1N(CCCc2ccccc2)CC2CNCCN12. The van der Waals surface area contributed by atoms with Crippen LogP contribution >= 0.6 is 0 Å².